The number of hydrogen-bond acceptors (Lipinski definition) is 4. The van der Waals surface area contributed by atoms with E-state index in [1.165, 1.54) is 0 Å². The Kier molecular flexibility index (Phi) is 5.47. The molecule has 21 heavy (non-hydrogen) atoms. The maximum absolute atomic E-state index is 10.2. The molecule has 112 valence electrons. The molecule has 0 bridgehead atoms. The van der Waals surface area contributed by atoms with E-state index in [1.54, 1.807) is 20.3 Å². The van der Waals surface area contributed by atoms with Crippen molar-refractivity contribution in [3.8, 4) is 11.5 Å². The molecule has 0 aromatic heterocycles. The van der Waals surface area contributed by atoms with E-state index >= 15 is 0 Å². The van der Waals surface area contributed by atoms with Gasteiger partial charge in [-0.1, -0.05) is 28.1 Å². The molecule has 0 amide bonds. The van der Waals surface area contributed by atoms with E-state index in [0.717, 1.165) is 21.5 Å². The normalized spacial score (nSPS) is 11.8. The van der Waals surface area contributed by atoms with E-state index in [0.29, 0.717) is 12.3 Å². The minimum Gasteiger partial charge on any atom is -0.497 e. The monoisotopic (exact) mass is 351 g/mol. The first-order valence-corrected chi connectivity index (χ1v) is 7.32. The molecule has 1 atom stereocenters. The van der Waals surface area contributed by atoms with Crippen molar-refractivity contribution in [2.45, 2.75) is 6.10 Å². The SMILES string of the molecule is COc1ccc(NCC(O)c2cccc(Br)c2)c(OC)c1. The highest BCUT2D eigenvalue weighted by molar-refractivity contribution is 9.10. The quantitative estimate of drug-likeness (QED) is 0.834. The van der Waals surface area contributed by atoms with Crippen LogP contribution in [-0.4, -0.2) is 25.9 Å². The molecule has 0 saturated carbocycles. The van der Waals surface area contributed by atoms with Gasteiger partial charge in [-0.2, -0.15) is 0 Å². The zero-order valence-corrected chi connectivity index (χ0v) is 13.6. The number of hydrogen-bond donors (Lipinski definition) is 2. The number of benzene rings is 2. The first-order valence-electron chi connectivity index (χ1n) is 6.53. The number of aliphatic hydroxyl groups excluding tert-OH is 1. The molecule has 0 radical (unpaired) electrons. The first-order chi connectivity index (χ1) is 10.1. The average molecular weight is 352 g/mol. The predicted octanol–water partition coefficient (Wildman–Crippen LogP) is 3.61. The van der Waals surface area contributed by atoms with Crippen LogP contribution in [0.25, 0.3) is 0 Å². The Hall–Kier alpha value is -1.72. The van der Waals surface area contributed by atoms with E-state index in [9.17, 15) is 5.11 Å². The van der Waals surface area contributed by atoms with Crippen LogP contribution < -0.4 is 14.8 Å². The third-order valence-corrected chi connectivity index (χ3v) is 3.62. The molecule has 0 aliphatic rings. The summed E-state index contributed by atoms with van der Waals surface area (Å²) in [6.45, 7) is 0.388. The summed E-state index contributed by atoms with van der Waals surface area (Å²) in [6, 6.07) is 13.1. The van der Waals surface area contributed by atoms with Crippen molar-refractivity contribution in [3.63, 3.8) is 0 Å². The molecule has 2 aromatic rings. The van der Waals surface area contributed by atoms with Crippen molar-refractivity contribution in [2.24, 2.45) is 0 Å². The van der Waals surface area contributed by atoms with Crippen molar-refractivity contribution in [1.29, 1.82) is 0 Å². The Labute approximate surface area is 132 Å². The van der Waals surface area contributed by atoms with Crippen molar-refractivity contribution >= 4 is 21.6 Å². The van der Waals surface area contributed by atoms with Crippen LogP contribution in [0.1, 0.15) is 11.7 Å². The molecule has 1 unspecified atom stereocenters. The van der Waals surface area contributed by atoms with Gasteiger partial charge in [0.25, 0.3) is 0 Å². The van der Waals surface area contributed by atoms with Crippen molar-refractivity contribution in [2.75, 3.05) is 26.1 Å². The Balaban J connectivity index is 2.05. The van der Waals surface area contributed by atoms with E-state index < -0.39 is 6.10 Å². The van der Waals surface area contributed by atoms with Gasteiger partial charge >= 0.3 is 0 Å². The molecule has 0 aliphatic heterocycles. The average Bonchev–Trinajstić information content (AvgIpc) is 2.52. The van der Waals surface area contributed by atoms with E-state index in [1.807, 2.05) is 36.4 Å². The van der Waals surface area contributed by atoms with E-state index in [2.05, 4.69) is 21.2 Å². The van der Waals surface area contributed by atoms with Gasteiger partial charge in [0.2, 0.25) is 0 Å². The van der Waals surface area contributed by atoms with E-state index in [-0.39, 0.29) is 0 Å². The van der Waals surface area contributed by atoms with Crippen LogP contribution in [0.15, 0.2) is 46.9 Å². The van der Waals surface area contributed by atoms with Gasteiger partial charge < -0.3 is 19.9 Å². The molecule has 4 nitrogen and oxygen atoms in total. The van der Waals surface area contributed by atoms with Gasteiger partial charge in [-0.05, 0) is 29.8 Å². The lowest BCUT2D eigenvalue weighted by Gasteiger charge is -2.16. The molecular weight excluding hydrogens is 334 g/mol. The third-order valence-electron chi connectivity index (χ3n) is 3.13. The summed E-state index contributed by atoms with van der Waals surface area (Å²) in [7, 11) is 3.21. The van der Waals surface area contributed by atoms with Gasteiger partial charge in [-0.15, -0.1) is 0 Å². The van der Waals surface area contributed by atoms with Gasteiger partial charge in [0, 0.05) is 17.1 Å². The number of halogens is 1. The topological polar surface area (TPSA) is 50.7 Å². The minimum atomic E-state index is -0.602. The fourth-order valence-electron chi connectivity index (χ4n) is 1.98. The highest BCUT2D eigenvalue weighted by Gasteiger charge is 2.10. The number of ether oxygens (including phenoxy) is 2. The van der Waals surface area contributed by atoms with Crippen LogP contribution in [0.5, 0.6) is 11.5 Å². The second-order valence-electron chi connectivity index (χ2n) is 4.52. The fraction of sp³-hybridized carbons (Fsp3) is 0.250. The van der Waals surface area contributed by atoms with Gasteiger partial charge in [0.15, 0.2) is 0 Å². The maximum Gasteiger partial charge on any atom is 0.145 e. The molecule has 0 aliphatic carbocycles. The summed E-state index contributed by atoms with van der Waals surface area (Å²) in [5.74, 6) is 1.40. The van der Waals surface area contributed by atoms with Crippen LogP contribution in [0.4, 0.5) is 5.69 Å². The van der Waals surface area contributed by atoms with Gasteiger partial charge in [-0.25, -0.2) is 0 Å². The molecule has 0 fully saturated rings. The van der Waals surface area contributed by atoms with Crippen molar-refractivity contribution in [3.05, 3.63) is 52.5 Å². The van der Waals surface area contributed by atoms with Crippen molar-refractivity contribution in [1.82, 2.24) is 0 Å². The lowest BCUT2D eigenvalue weighted by Crippen LogP contribution is -2.12. The molecule has 5 heteroatoms. The summed E-state index contributed by atoms with van der Waals surface area (Å²) in [4.78, 5) is 0. The number of anilines is 1. The molecular formula is C16H18BrNO3. The summed E-state index contributed by atoms with van der Waals surface area (Å²) in [6.07, 6.45) is -0.602. The molecule has 0 heterocycles. The minimum absolute atomic E-state index is 0.388. The Bertz CT molecular complexity index is 604. The smallest absolute Gasteiger partial charge is 0.145 e. The van der Waals surface area contributed by atoms with Gasteiger partial charge in [-0.3, -0.25) is 0 Å². The zero-order chi connectivity index (χ0) is 15.2. The summed E-state index contributed by atoms with van der Waals surface area (Å²) in [5.41, 5.74) is 1.66. The molecule has 2 rings (SSSR count). The van der Waals surface area contributed by atoms with Crippen LogP contribution in [0.2, 0.25) is 0 Å². The first kappa shape index (κ1) is 15.7. The van der Waals surface area contributed by atoms with Crippen LogP contribution in [-0.2, 0) is 0 Å². The lowest BCUT2D eigenvalue weighted by atomic mass is 10.1. The number of nitrogens with one attached hydrogen (secondary N) is 1. The standard InChI is InChI=1S/C16H18BrNO3/c1-20-13-6-7-14(16(9-13)21-2)18-10-15(19)11-4-3-5-12(17)8-11/h3-9,15,18-19H,10H2,1-2H3. The summed E-state index contributed by atoms with van der Waals surface area (Å²) < 4.78 is 11.4. The second-order valence-corrected chi connectivity index (χ2v) is 5.43. The third kappa shape index (κ3) is 4.12. The van der Waals surface area contributed by atoms with Gasteiger partial charge in [0.05, 0.1) is 26.0 Å². The number of methoxy groups -OCH3 is 2. The van der Waals surface area contributed by atoms with Crippen LogP contribution >= 0.6 is 15.9 Å². The maximum atomic E-state index is 10.2. The Morgan fingerprint density at radius 3 is 2.62 bits per heavy atom. The lowest BCUT2D eigenvalue weighted by molar-refractivity contribution is 0.191. The summed E-state index contributed by atoms with van der Waals surface area (Å²) >= 11 is 3.40. The summed E-state index contributed by atoms with van der Waals surface area (Å²) in [5, 5.41) is 13.4. The van der Waals surface area contributed by atoms with Crippen LogP contribution in [0.3, 0.4) is 0 Å². The highest BCUT2D eigenvalue weighted by Crippen LogP contribution is 2.29. The van der Waals surface area contributed by atoms with Gasteiger partial charge in [0.1, 0.15) is 11.5 Å². The predicted molar refractivity (Wildman–Crippen MR) is 87.1 cm³/mol. The molecule has 0 spiro atoms. The second kappa shape index (κ2) is 7.33. The number of rotatable bonds is 6. The van der Waals surface area contributed by atoms with Crippen molar-refractivity contribution < 1.29 is 14.6 Å². The Morgan fingerprint density at radius 1 is 1.14 bits per heavy atom. The zero-order valence-electron chi connectivity index (χ0n) is 12.0. The van der Waals surface area contributed by atoms with Crippen LogP contribution in [0, 0.1) is 0 Å². The molecule has 2 N–H and O–H groups in total. The number of aliphatic hydroxyl groups is 1. The molecule has 0 saturated heterocycles. The molecule has 2 aromatic carbocycles. The highest BCUT2D eigenvalue weighted by atomic mass is 79.9. The fourth-order valence-corrected chi connectivity index (χ4v) is 2.40. The largest absolute Gasteiger partial charge is 0.497 e. The van der Waals surface area contributed by atoms with E-state index in [4.69, 9.17) is 9.47 Å². The Morgan fingerprint density at radius 2 is 1.95 bits per heavy atom.